The molecule has 0 aliphatic heterocycles. The average Bonchev–Trinajstić information content (AvgIpc) is 1.99. The van der Waals surface area contributed by atoms with Crippen LogP contribution in [0.3, 0.4) is 0 Å². The number of likely N-dealkylation sites (N-methyl/N-ethyl adjacent to an activating group) is 1. The van der Waals surface area contributed by atoms with E-state index in [4.69, 9.17) is 11.5 Å². The summed E-state index contributed by atoms with van der Waals surface area (Å²) in [5.41, 5.74) is 13.0. The molecule has 3 heteroatoms. The lowest BCUT2D eigenvalue weighted by molar-refractivity contribution is 0.698. The van der Waals surface area contributed by atoms with Crippen molar-refractivity contribution in [1.82, 2.24) is 5.32 Å². The predicted molar refractivity (Wildman–Crippen MR) is 48.7 cm³/mol. The van der Waals surface area contributed by atoms with E-state index in [-0.39, 0.29) is 6.17 Å². The molecule has 0 bridgehead atoms. The monoisotopic (exact) mass is 155 g/mol. The molecule has 0 unspecified atom stereocenters. The molecule has 0 saturated carbocycles. The van der Waals surface area contributed by atoms with Gasteiger partial charge in [0.1, 0.15) is 0 Å². The van der Waals surface area contributed by atoms with Crippen LogP contribution < -0.4 is 16.8 Å². The Kier molecular flexibility index (Phi) is 4.57. The summed E-state index contributed by atoms with van der Waals surface area (Å²) in [6, 6.07) is 0. The molecule has 0 radical (unpaired) electrons. The van der Waals surface area contributed by atoms with Crippen LogP contribution in [0.15, 0.2) is 23.4 Å². The van der Waals surface area contributed by atoms with Crippen LogP contribution in [0.2, 0.25) is 0 Å². The Morgan fingerprint density at radius 2 is 2.00 bits per heavy atom. The van der Waals surface area contributed by atoms with Crippen molar-refractivity contribution in [2.24, 2.45) is 11.5 Å². The molecular weight excluding hydrogens is 138 g/mol. The van der Waals surface area contributed by atoms with Gasteiger partial charge in [-0.1, -0.05) is 12.2 Å². The van der Waals surface area contributed by atoms with Crippen LogP contribution >= 0.6 is 0 Å². The van der Waals surface area contributed by atoms with Crippen molar-refractivity contribution in [1.29, 1.82) is 0 Å². The summed E-state index contributed by atoms with van der Waals surface area (Å²) in [5.74, 6) is 0. The lowest BCUT2D eigenvalue weighted by Crippen LogP contribution is -2.31. The van der Waals surface area contributed by atoms with Crippen LogP contribution in [0.5, 0.6) is 0 Å². The highest BCUT2D eigenvalue weighted by atomic mass is 15.0. The molecule has 5 N–H and O–H groups in total. The van der Waals surface area contributed by atoms with Gasteiger partial charge in [-0.05, 0) is 26.5 Å². The number of hydrogen-bond acceptors (Lipinski definition) is 3. The van der Waals surface area contributed by atoms with Crippen LogP contribution in [0.1, 0.15) is 13.8 Å². The lowest BCUT2D eigenvalue weighted by atomic mass is 10.2. The zero-order valence-corrected chi connectivity index (χ0v) is 7.39. The predicted octanol–water partition coefficient (Wildman–Crippen LogP) is 0.299. The van der Waals surface area contributed by atoms with Crippen LogP contribution in [0.4, 0.5) is 0 Å². The maximum atomic E-state index is 5.56. The molecule has 3 nitrogen and oxygen atoms in total. The van der Waals surface area contributed by atoms with Crippen molar-refractivity contribution in [3.63, 3.8) is 0 Å². The number of rotatable bonds is 3. The second-order valence-corrected chi connectivity index (χ2v) is 2.54. The van der Waals surface area contributed by atoms with E-state index in [9.17, 15) is 0 Å². The smallest absolute Gasteiger partial charge is 0.0739 e. The number of nitrogens with two attached hydrogens (primary N) is 2. The van der Waals surface area contributed by atoms with Crippen molar-refractivity contribution in [2.45, 2.75) is 20.0 Å². The van der Waals surface area contributed by atoms with Crippen molar-refractivity contribution in [3.8, 4) is 0 Å². The zero-order valence-electron chi connectivity index (χ0n) is 7.39. The van der Waals surface area contributed by atoms with Gasteiger partial charge in [-0.3, -0.25) is 0 Å². The number of nitrogens with one attached hydrogen (secondary N) is 1. The minimum absolute atomic E-state index is 0.0932. The summed E-state index contributed by atoms with van der Waals surface area (Å²) < 4.78 is 0. The summed E-state index contributed by atoms with van der Waals surface area (Å²) >= 11 is 0. The van der Waals surface area contributed by atoms with Crippen molar-refractivity contribution >= 4 is 0 Å². The molecule has 11 heavy (non-hydrogen) atoms. The Morgan fingerprint density at radius 3 is 2.36 bits per heavy atom. The average molecular weight is 155 g/mol. The maximum absolute atomic E-state index is 5.56. The summed E-state index contributed by atoms with van der Waals surface area (Å²) in [5, 5.41) is 2.89. The molecule has 0 fully saturated rings. The first-order chi connectivity index (χ1) is 5.07. The molecule has 0 rings (SSSR count). The Morgan fingerprint density at radius 1 is 1.45 bits per heavy atom. The van der Waals surface area contributed by atoms with Gasteiger partial charge in [0, 0.05) is 5.70 Å². The van der Waals surface area contributed by atoms with Crippen LogP contribution in [0.25, 0.3) is 0 Å². The normalized spacial score (nSPS) is 16.7. The zero-order chi connectivity index (χ0) is 8.85. The van der Waals surface area contributed by atoms with Gasteiger partial charge in [0.2, 0.25) is 0 Å². The molecule has 0 aromatic rings. The van der Waals surface area contributed by atoms with Crippen LogP contribution in [-0.4, -0.2) is 13.2 Å². The quantitative estimate of drug-likeness (QED) is 0.406. The highest BCUT2D eigenvalue weighted by Crippen LogP contribution is 1.98. The highest BCUT2D eigenvalue weighted by molar-refractivity contribution is 5.21. The fraction of sp³-hybridized carbons (Fsp3) is 0.500. The molecule has 1 atom stereocenters. The van der Waals surface area contributed by atoms with Crippen molar-refractivity contribution < 1.29 is 0 Å². The molecule has 0 aromatic carbocycles. The van der Waals surface area contributed by atoms with E-state index in [1.165, 1.54) is 0 Å². The first-order valence-corrected chi connectivity index (χ1v) is 3.62. The van der Waals surface area contributed by atoms with Crippen molar-refractivity contribution in [2.75, 3.05) is 7.05 Å². The fourth-order valence-corrected chi connectivity index (χ4v) is 0.476. The third-order valence-corrected chi connectivity index (χ3v) is 1.51. The summed E-state index contributed by atoms with van der Waals surface area (Å²) in [6.07, 6.45) is 3.69. The number of hydrogen-bond donors (Lipinski definition) is 3. The Hall–Kier alpha value is -0.800. The second kappa shape index (κ2) is 4.93. The second-order valence-electron chi connectivity index (χ2n) is 2.54. The van der Waals surface area contributed by atoms with Gasteiger partial charge >= 0.3 is 0 Å². The van der Waals surface area contributed by atoms with E-state index in [0.717, 1.165) is 11.3 Å². The van der Waals surface area contributed by atoms with E-state index < -0.39 is 0 Å². The third kappa shape index (κ3) is 4.58. The number of allylic oxidation sites excluding steroid dienone is 3. The molecule has 0 spiro atoms. The molecule has 0 aliphatic carbocycles. The maximum Gasteiger partial charge on any atom is 0.0739 e. The lowest BCUT2D eigenvalue weighted by Gasteiger charge is -2.03. The van der Waals surface area contributed by atoms with E-state index in [0.29, 0.717) is 0 Å². The molecule has 0 aromatic heterocycles. The van der Waals surface area contributed by atoms with Gasteiger partial charge in [0.25, 0.3) is 0 Å². The van der Waals surface area contributed by atoms with E-state index in [1.54, 1.807) is 0 Å². The molecule has 0 amide bonds. The summed E-state index contributed by atoms with van der Waals surface area (Å²) in [6.45, 7) is 3.82. The molecule has 64 valence electrons. The van der Waals surface area contributed by atoms with E-state index >= 15 is 0 Å². The highest BCUT2D eigenvalue weighted by Gasteiger charge is 1.90. The topological polar surface area (TPSA) is 64.1 Å². The minimum Gasteiger partial charge on any atom is -0.402 e. The fourth-order valence-electron chi connectivity index (χ4n) is 0.476. The minimum atomic E-state index is -0.0932. The van der Waals surface area contributed by atoms with Gasteiger partial charge in [0.05, 0.1) is 6.17 Å². The SMILES string of the molecule is CN[C@H](N)/C=C\C(C)=C(\C)N. The van der Waals surface area contributed by atoms with E-state index in [1.807, 2.05) is 33.0 Å². The molecule has 0 saturated heterocycles. The van der Waals surface area contributed by atoms with Crippen LogP contribution in [0, 0.1) is 0 Å². The van der Waals surface area contributed by atoms with Gasteiger partial charge in [0.15, 0.2) is 0 Å². The molecule has 0 heterocycles. The van der Waals surface area contributed by atoms with Gasteiger partial charge < -0.3 is 16.8 Å². The Balaban J connectivity index is 4.03. The summed E-state index contributed by atoms with van der Waals surface area (Å²) in [7, 11) is 1.81. The van der Waals surface area contributed by atoms with Gasteiger partial charge in [-0.25, -0.2) is 0 Å². The van der Waals surface area contributed by atoms with Gasteiger partial charge in [-0.2, -0.15) is 0 Å². The van der Waals surface area contributed by atoms with Gasteiger partial charge in [-0.15, -0.1) is 0 Å². The first kappa shape index (κ1) is 10.2. The molecular formula is C8H17N3. The summed E-state index contributed by atoms with van der Waals surface area (Å²) in [4.78, 5) is 0. The van der Waals surface area contributed by atoms with Crippen LogP contribution in [-0.2, 0) is 0 Å². The first-order valence-electron chi connectivity index (χ1n) is 3.62. The standard InChI is InChI=1S/C8H17N3/c1-6(7(2)9)4-5-8(10)11-3/h4-5,8,11H,9-10H2,1-3H3/b5-4-,7-6-/t8-/m0/s1. The molecule has 0 aliphatic rings. The van der Waals surface area contributed by atoms with E-state index in [2.05, 4.69) is 5.32 Å². The Labute approximate surface area is 68.1 Å². The van der Waals surface area contributed by atoms with Crippen molar-refractivity contribution in [3.05, 3.63) is 23.4 Å². The third-order valence-electron chi connectivity index (χ3n) is 1.51. The largest absolute Gasteiger partial charge is 0.402 e. The Bertz CT molecular complexity index is 166.